The van der Waals surface area contributed by atoms with Gasteiger partial charge in [0.2, 0.25) is 0 Å². The fourth-order valence-corrected chi connectivity index (χ4v) is 4.47. The molecule has 7 heteroatoms. The Morgan fingerprint density at radius 1 is 0.850 bits per heavy atom. The maximum atomic E-state index is 13.4. The second-order valence-electron chi connectivity index (χ2n) is 9.68. The van der Waals surface area contributed by atoms with E-state index in [0.717, 1.165) is 32.7 Å². The highest BCUT2D eigenvalue weighted by Gasteiger charge is 2.22. The van der Waals surface area contributed by atoms with E-state index in [0.29, 0.717) is 23.8 Å². The summed E-state index contributed by atoms with van der Waals surface area (Å²) in [6, 6.07) is 29.8. The Hall–Kier alpha value is -4.10. The van der Waals surface area contributed by atoms with Crippen LogP contribution in [0.3, 0.4) is 0 Å². The normalized spacial score (nSPS) is 11.5. The van der Waals surface area contributed by atoms with Crippen molar-refractivity contribution in [1.29, 1.82) is 0 Å². The van der Waals surface area contributed by atoms with Gasteiger partial charge in [-0.05, 0) is 53.4 Å². The van der Waals surface area contributed by atoms with Gasteiger partial charge in [-0.15, -0.1) is 0 Å². The number of benzene rings is 4. The smallest absolute Gasteiger partial charge is 0.307 e. The van der Waals surface area contributed by atoms with Crippen LogP contribution in [0.1, 0.15) is 42.2 Å². The molecule has 0 spiro atoms. The predicted molar refractivity (Wildman–Crippen MR) is 160 cm³/mol. The molecule has 0 saturated heterocycles. The van der Waals surface area contributed by atoms with Gasteiger partial charge in [0.25, 0.3) is 5.91 Å². The third kappa shape index (κ3) is 7.73. The summed E-state index contributed by atoms with van der Waals surface area (Å²) in [4.78, 5) is 25.7. The molecule has 0 aliphatic carbocycles. The monoisotopic (exact) mass is 601 g/mol. The molecule has 0 aromatic heterocycles. The molecule has 0 bridgehead atoms. The first kappa shape index (κ1) is 28.9. The highest BCUT2D eigenvalue weighted by molar-refractivity contribution is 9.10. The van der Waals surface area contributed by atoms with E-state index in [9.17, 15) is 9.59 Å². The number of ether oxygens (including phenoxy) is 3. The molecule has 0 aliphatic rings. The van der Waals surface area contributed by atoms with E-state index < -0.39 is 12.0 Å². The van der Waals surface area contributed by atoms with Gasteiger partial charge >= 0.3 is 5.97 Å². The number of hydrogen-bond acceptors (Lipinski definition) is 5. The number of para-hydroxylation sites is 2. The molecular weight excluding hydrogens is 570 g/mol. The summed E-state index contributed by atoms with van der Waals surface area (Å²) < 4.78 is 17.7. The van der Waals surface area contributed by atoms with E-state index >= 15 is 0 Å². The van der Waals surface area contributed by atoms with Crippen LogP contribution in [-0.2, 0) is 9.53 Å². The average molecular weight is 603 g/mol. The summed E-state index contributed by atoms with van der Waals surface area (Å²) in [6.45, 7) is 4.56. The van der Waals surface area contributed by atoms with Crippen LogP contribution < -0.4 is 14.8 Å². The molecule has 1 unspecified atom stereocenters. The quantitative estimate of drug-likeness (QED) is 0.176. The van der Waals surface area contributed by atoms with E-state index in [1.165, 1.54) is 7.11 Å². The number of hydrogen-bond donors (Lipinski definition) is 1. The standard InChI is InChI=1S/C33H32BrNO5/c1-22(2)21-39-30-18-17-25(34)19-28(30)33(37)35-29(20-32(36)38-3)24-15-13-23(14-16-24)27-11-7-8-12-31(27)40-26-9-5-4-6-10-26/h4-19,22,29H,20-21H2,1-3H3,(H,35,37). The van der Waals surface area contributed by atoms with E-state index in [1.807, 2.05) is 98.8 Å². The maximum absolute atomic E-state index is 13.4. The van der Waals surface area contributed by atoms with Gasteiger partial charge in [-0.25, -0.2) is 0 Å². The molecule has 6 nitrogen and oxygen atoms in total. The minimum Gasteiger partial charge on any atom is -0.492 e. The van der Waals surface area contributed by atoms with Crippen molar-refractivity contribution in [3.63, 3.8) is 0 Å². The molecule has 1 amide bonds. The van der Waals surface area contributed by atoms with Crippen LogP contribution in [0.25, 0.3) is 11.1 Å². The van der Waals surface area contributed by atoms with Crippen LogP contribution in [0.2, 0.25) is 0 Å². The molecule has 4 rings (SSSR count). The lowest BCUT2D eigenvalue weighted by Gasteiger charge is -2.20. The summed E-state index contributed by atoms with van der Waals surface area (Å²) in [5.74, 6) is 1.48. The summed E-state index contributed by atoms with van der Waals surface area (Å²) in [7, 11) is 1.33. The van der Waals surface area contributed by atoms with Crippen molar-refractivity contribution in [3.8, 4) is 28.4 Å². The number of halogens is 1. The topological polar surface area (TPSA) is 73.9 Å². The molecule has 1 N–H and O–H groups in total. The van der Waals surface area contributed by atoms with Crippen LogP contribution in [0.5, 0.6) is 17.2 Å². The van der Waals surface area contributed by atoms with Crippen molar-refractivity contribution >= 4 is 27.8 Å². The molecule has 0 aliphatic heterocycles. The average Bonchev–Trinajstić information content (AvgIpc) is 2.97. The first-order valence-corrected chi connectivity index (χ1v) is 13.9. The van der Waals surface area contributed by atoms with Crippen LogP contribution in [0.15, 0.2) is 102 Å². The first-order chi connectivity index (χ1) is 19.3. The first-order valence-electron chi connectivity index (χ1n) is 13.1. The summed E-state index contributed by atoms with van der Waals surface area (Å²) >= 11 is 3.44. The molecule has 0 heterocycles. The van der Waals surface area contributed by atoms with Gasteiger partial charge in [0.1, 0.15) is 17.2 Å². The molecular formula is C33H32BrNO5. The minimum absolute atomic E-state index is 0.0223. The zero-order chi connectivity index (χ0) is 28.5. The van der Waals surface area contributed by atoms with E-state index in [-0.39, 0.29) is 12.3 Å². The van der Waals surface area contributed by atoms with Gasteiger partial charge in [0.15, 0.2) is 0 Å². The van der Waals surface area contributed by atoms with Crippen molar-refractivity contribution in [2.75, 3.05) is 13.7 Å². The Kier molecular flexibility index (Phi) is 9.97. The van der Waals surface area contributed by atoms with Gasteiger partial charge in [-0.2, -0.15) is 0 Å². The number of amides is 1. The van der Waals surface area contributed by atoms with E-state index in [2.05, 4.69) is 21.2 Å². The zero-order valence-corrected chi connectivity index (χ0v) is 24.3. The number of esters is 1. The molecule has 4 aromatic carbocycles. The Labute approximate surface area is 243 Å². The fraction of sp³-hybridized carbons (Fsp3) is 0.212. The van der Waals surface area contributed by atoms with Crippen molar-refractivity contribution in [3.05, 3.63) is 113 Å². The molecule has 0 saturated carbocycles. The highest BCUT2D eigenvalue weighted by atomic mass is 79.9. The number of carbonyl (C=O) groups is 2. The van der Waals surface area contributed by atoms with Crippen molar-refractivity contribution in [2.45, 2.75) is 26.3 Å². The van der Waals surface area contributed by atoms with Gasteiger partial charge < -0.3 is 19.5 Å². The Morgan fingerprint density at radius 3 is 2.25 bits per heavy atom. The molecule has 40 heavy (non-hydrogen) atoms. The third-order valence-electron chi connectivity index (χ3n) is 6.14. The predicted octanol–water partition coefficient (Wildman–Crippen LogP) is 7.98. The van der Waals surface area contributed by atoms with Gasteiger partial charge in [0, 0.05) is 10.0 Å². The van der Waals surface area contributed by atoms with Crippen LogP contribution in [0.4, 0.5) is 0 Å². The SMILES string of the molecule is COC(=O)CC(NC(=O)c1cc(Br)ccc1OCC(C)C)c1ccc(-c2ccccc2Oc2ccccc2)cc1. The van der Waals surface area contributed by atoms with Gasteiger partial charge in [-0.1, -0.05) is 90.4 Å². The molecule has 0 fully saturated rings. The molecule has 0 radical (unpaired) electrons. The Morgan fingerprint density at radius 2 is 1.55 bits per heavy atom. The second-order valence-corrected chi connectivity index (χ2v) is 10.6. The summed E-state index contributed by atoms with van der Waals surface area (Å²) in [6.07, 6.45) is -0.0223. The lowest BCUT2D eigenvalue weighted by molar-refractivity contribution is -0.141. The van der Waals surface area contributed by atoms with Crippen LogP contribution in [-0.4, -0.2) is 25.6 Å². The lowest BCUT2D eigenvalue weighted by atomic mass is 9.98. The summed E-state index contributed by atoms with van der Waals surface area (Å²) in [5, 5.41) is 3.01. The van der Waals surface area contributed by atoms with Crippen LogP contribution >= 0.6 is 15.9 Å². The Balaban J connectivity index is 1.59. The zero-order valence-electron chi connectivity index (χ0n) is 22.7. The molecule has 206 valence electrons. The second kappa shape index (κ2) is 13.8. The number of methoxy groups -OCH3 is 1. The highest BCUT2D eigenvalue weighted by Crippen LogP contribution is 2.34. The van der Waals surface area contributed by atoms with Crippen LogP contribution in [0, 0.1) is 5.92 Å². The van der Waals surface area contributed by atoms with Gasteiger partial charge in [-0.3, -0.25) is 9.59 Å². The number of carbonyl (C=O) groups excluding carboxylic acids is 2. The molecule has 4 aromatic rings. The van der Waals surface area contributed by atoms with Crippen molar-refractivity contribution in [1.82, 2.24) is 5.32 Å². The minimum atomic E-state index is -0.609. The van der Waals surface area contributed by atoms with E-state index in [1.54, 1.807) is 12.1 Å². The van der Waals surface area contributed by atoms with Gasteiger partial charge in [0.05, 0.1) is 31.7 Å². The van der Waals surface area contributed by atoms with Crippen molar-refractivity contribution < 1.29 is 23.8 Å². The number of rotatable bonds is 11. The lowest BCUT2D eigenvalue weighted by Crippen LogP contribution is -2.31. The summed E-state index contributed by atoms with van der Waals surface area (Å²) in [5.41, 5.74) is 3.01. The molecule has 1 atom stereocenters. The third-order valence-corrected chi connectivity index (χ3v) is 6.64. The Bertz CT molecular complexity index is 1440. The number of nitrogens with one attached hydrogen (secondary N) is 1. The fourth-order valence-electron chi connectivity index (χ4n) is 4.10. The maximum Gasteiger partial charge on any atom is 0.307 e. The van der Waals surface area contributed by atoms with Crippen molar-refractivity contribution in [2.24, 2.45) is 5.92 Å². The van der Waals surface area contributed by atoms with E-state index in [4.69, 9.17) is 14.2 Å². The largest absolute Gasteiger partial charge is 0.492 e.